The summed E-state index contributed by atoms with van der Waals surface area (Å²) >= 11 is 0. The van der Waals surface area contributed by atoms with E-state index in [0.29, 0.717) is 30.2 Å². The maximum Gasteiger partial charge on any atom is 0.208 e. The van der Waals surface area contributed by atoms with Crippen LogP contribution < -0.4 is 10.1 Å². The van der Waals surface area contributed by atoms with E-state index in [1.807, 2.05) is 13.0 Å². The van der Waals surface area contributed by atoms with Crippen molar-refractivity contribution >= 4 is 11.6 Å². The Morgan fingerprint density at radius 2 is 2.20 bits per heavy atom. The van der Waals surface area contributed by atoms with Gasteiger partial charge in [0.05, 0.1) is 12.8 Å². The second-order valence-electron chi connectivity index (χ2n) is 7.13. The predicted molar refractivity (Wildman–Crippen MR) is 109 cm³/mol. The van der Waals surface area contributed by atoms with Crippen molar-refractivity contribution < 1.29 is 9.13 Å². The van der Waals surface area contributed by atoms with E-state index in [0.717, 1.165) is 28.0 Å². The second kappa shape index (κ2) is 7.12. The number of ether oxygens (including phenoxy) is 1. The summed E-state index contributed by atoms with van der Waals surface area (Å²) in [6, 6.07) is 7.14. The van der Waals surface area contributed by atoms with Gasteiger partial charge < -0.3 is 10.1 Å². The van der Waals surface area contributed by atoms with Crippen LogP contribution in [0.4, 0.5) is 10.3 Å². The molecular weight excluding hydrogens is 383 g/mol. The lowest BCUT2D eigenvalue weighted by Gasteiger charge is -2.13. The maximum atomic E-state index is 14.5. The van der Waals surface area contributed by atoms with E-state index in [2.05, 4.69) is 26.3 Å². The summed E-state index contributed by atoms with van der Waals surface area (Å²) in [5.41, 5.74) is 4.93. The van der Waals surface area contributed by atoms with Crippen LogP contribution in [0.25, 0.3) is 16.8 Å². The molecule has 1 aliphatic rings. The third-order valence-electron chi connectivity index (χ3n) is 5.16. The van der Waals surface area contributed by atoms with Crippen LogP contribution in [0.15, 0.2) is 43.0 Å². The van der Waals surface area contributed by atoms with Crippen molar-refractivity contribution in [1.29, 1.82) is 5.26 Å². The topological polar surface area (TPSA) is 88.1 Å². The molecule has 0 fully saturated rings. The number of fused-ring (bicyclic) bond motifs is 2. The van der Waals surface area contributed by atoms with Crippen LogP contribution in [0.5, 0.6) is 5.75 Å². The van der Waals surface area contributed by atoms with Crippen LogP contribution in [0.1, 0.15) is 22.4 Å². The Morgan fingerprint density at radius 3 is 3.03 bits per heavy atom. The smallest absolute Gasteiger partial charge is 0.208 e. The maximum absolute atomic E-state index is 14.5. The molecular formula is C22H17FN6O. The molecule has 0 atom stereocenters. The molecule has 0 bridgehead atoms. The van der Waals surface area contributed by atoms with Crippen LogP contribution in [-0.2, 0) is 13.0 Å². The average Bonchev–Trinajstić information content (AvgIpc) is 3.40. The molecule has 0 saturated heterocycles. The van der Waals surface area contributed by atoms with Crippen LogP contribution in [-0.4, -0.2) is 26.0 Å². The third-order valence-corrected chi connectivity index (χ3v) is 5.16. The molecule has 30 heavy (non-hydrogen) atoms. The zero-order valence-corrected chi connectivity index (χ0v) is 16.2. The summed E-state index contributed by atoms with van der Waals surface area (Å²) in [4.78, 5) is 13.2. The van der Waals surface area contributed by atoms with Gasteiger partial charge in [0.15, 0.2) is 11.3 Å². The summed E-state index contributed by atoms with van der Waals surface area (Å²) in [5, 5.41) is 12.5. The summed E-state index contributed by atoms with van der Waals surface area (Å²) in [6.07, 6.45) is 7.49. The Kier molecular flexibility index (Phi) is 4.29. The molecule has 8 heteroatoms. The Morgan fingerprint density at radius 1 is 1.30 bits per heavy atom. The molecule has 0 spiro atoms. The van der Waals surface area contributed by atoms with Crippen molar-refractivity contribution in [3.05, 3.63) is 71.2 Å². The van der Waals surface area contributed by atoms with Gasteiger partial charge in [0.2, 0.25) is 5.95 Å². The molecule has 5 rings (SSSR count). The molecule has 4 heterocycles. The number of benzene rings is 1. The number of nitrogens with zero attached hydrogens (tertiary/aromatic N) is 5. The number of halogens is 1. The fraction of sp³-hybridized carbons (Fsp3) is 0.182. The lowest BCUT2D eigenvalue weighted by molar-refractivity contribution is 0.356. The highest BCUT2D eigenvalue weighted by Crippen LogP contribution is 2.31. The summed E-state index contributed by atoms with van der Waals surface area (Å²) < 4.78 is 21.7. The molecule has 1 aliphatic heterocycles. The molecule has 0 aliphatic carbocycles. The standard InChI is InChI=1S/C22H17FN6O/c1-13-6-14(9-25-8-13)17-10-26-22(29-12-15(7-24)28-21(17)29)27-11-18-16-4-5-30-20(16)3-2-19(18)23/h2-3,6,8-10,12H,4-5,11H2,1H3,(H,26,27). The van der Waals surface area contributed by atoms with Gasteiger partial charge in [-0.2, -0.15) is 5.26 Å². The molecule has 7 nitrogen and oxygen atoms in total. The minimum atomic E-state index is -0.284. The van der Waals surface area contributed by atoms with Crippen molar-refractivity contribution in [2.45, 2.75) is 19.9 Å². The first-order chi connectivity index (χ1) is 14.6. The van der Waals surface area contributed by atoms with E-state index in [1.54, 1.807) is 35.3 Å². The molecule has 4 aromatic rings. The fourth-order valence-corrected chi connectivity index (χ4v) is 3.74. The number of aryl methyl sites for hydroxylation is 1. The normalized spacial score (nSPS) is 12.4. The number of nitrogens with one attached hydrogen (secondary N) is 1. The van der Waals surface area contributed by atoms with Gasteiger partial charge in [-0.3, -0.25) is 9.38 Å². The number of nitriles is 1. The number of hydrogen-bond acceptors (Lipinski definition) is 6. The van der Waals surface area contributed by atoms with E-state index in [-0.39, 0.29) is 18.1 Å². The van der Waals surface area contributed by atoms with Gasteiger partial charge in [0, 0.05) is 53.8 Å². The van der Waals surface area contributed by atoms with Gasteiger partial charge in [0.25, 0.3) is 0 Å². The highest BCUT2D eigenvalue weighted by Gasteiger charge is 2.20. The minimum Gasteiger partial charge on any atom is -0.493 e. The van der Waals surface area contributed by atoms with Gasteiger partial charge in [-0.25, -0.2) is 14.4 Å². The van der Waals surface area contributed by atoms with Crippen LogP contribution >= 0.6 is 0 Å². The predicted octanol–water partition coefficient (Wildman–Crippen LogP) is 3.66. The van der Waals surface area contributed by atoms with E-state index in [9.17, 15) is 9.65 Å². The first-order valence-corrected chi connectivity index (χ1v) is 9.51. The summed E-state index contributed by atoms with van der Waals surface area (Å²) in [6.45, 7) is 2.76. The largest absolute Gasteiger partial charge is 0.493 e. The first kappa shape index (κ1) is 18.1. The average molecular weight is 400 g/mol. The summed E-state index contributed by atoms with van der Waals surface area (Å²) in [5.74, 6) is 0.913. The Bertz CT molecular complexity index is 1320. The van der Waals surface area contributed by atoms with Crippen molar-refractivity contribution in [3.63, 3.8) is 0 Å². The Balaban J connectivity index is 1.55. The number of aromatic nitrogens is 4. The van der Waals surface area contributed by atoms with E-state index < -0.39 is 0 Å². The van der Waals surface area contributed by atoms with Crippen molar-refractivity contribution in [2.24, 2.45) is 0 Å². The minimum absolute atomic E-state index is 0.242. The van der Waals surface area contributed by atoms with Crippen molar-refractivity contribution in [3.8, 4) is 22.9 Å². The number of imidazole rings is 1. The quantitative estimate of drug-likeness (QED) is 0.563. The molecule has 0 saturated carbocycles. The van der Waals surface area contributed by atoms with Crippen LogP contribution in [0.2, 0.25) is 0 Å². The summed E-state index contributed by atoms with van der Waals surface area (Å²) in [7, 11) is 0. The fourth-order valence-electron chi connectivity index (χ4n) is 3.74. The highest BCUT2D eigenvalue weighted by atomic mass is 19.1. The number of rotatable bonds is 4. The molecule has 0 radical (unpaired) electrons. The van der Waals surface area contributed by atoms with Crippen LogP contribution in [0.3, 0.4) is 0 Å². The van der Waals surface area contributed by atoms with E-state index >= 15 is 0 Å². The molecule has 148 valence electrons. The number of anilines is 1. The monoisotopic (exact) mass is 400 g/mol. The zero-order chi connectivity index (χ0) is 20.7. The lowest BCUT2D eigenvalue weighted by atomic mass is 10.0. The highest BCUT2D eigenvalue weighted by molar-refractivity contribution is 5.78. The van der Waals surface area contributed by atoms with Gasteiger partial charge in [-0.05, 0) is 30.7 Å². The second-order valence-corrected chi connectivity index (χ2v) is 7.13. The van der Waals surface area contributed by atoms with Gasteiger partial charge in [-0.15, -0.1) is 0 Å². The zero-order valence-electron chi connectivity index (χ0n) is 16.2. The molecule has 1 N–H and O–H groups in total. The molecule has 0 unspecified atom stereocenters. The molecule has 3 aromatic heterocycles. The van der Waals surface area contributed by atoms with Gasteiger partial charge >= 0.3 is 0 Å². The first-order valence-electron chi connectivity index (χ1n) is 9.51. The van der Waals surface area contributed by atoms with Crippen molar-refractivity contribution in [2.75, 3.05) is 11.9 Å². The Hall–Kier alpha value is -3.99. The number of hydrogen-bond donors (Lipinski definition) is 1. The molecule has 0 amide bonds. The van der Waals surface area contributed by atoms with E-state index in [1.165, 1.54) is 6.07 Å². The third kappa shape index (κ3) is 3.01. The molecule has 1 aromatic carbocycles. The van der Waals surface area contributed by atoms with Crippen LogP contribution in [0, 0.1) is 24.1 Å². The van der Waals surface area contributed by atoms with E-state index in [4.69, 9.17) is 4.74 Å². The Labute approximate surface area is 171 Å². The van der Waals surface area contributed by atoms with Gasteiger partial charge in [0.1, 0.15) is 17.6 Å². The number of pyridine rings is 1. The lowest BCUT2D eigenvalue weighted by Crippen LogP contribution is -2.09. The van der Waals surface area contributed by atoms with Gasteiger partial charge in [-0.1, -0.05) is 0 Å². The SMILES string of the molecule is Cc1cncc(-c2cnc(NCc3c(F)ccc4c3CCO4)n3cc(C#N)nc23)c1. The van der Waals surface area contributed by atoms with Crippen molar-refractivity contribution in [1.82, 2.24) is 19.4 Å².